The smallest absolute Gasteiger partial charge is 0.266 e. The lowest BCUT2D eigenvalue weighted by Crippen LogP contribution is -2.34. The number of likely N-dealkylation sites (tertiary alicyclic amines) is 1. The van der Waals surface area contributed by atoms with Crippen molar-refractivity contribution >= 4 is 0 Å². The largest absolute Gasteiger partial charge is 0.294 e. The van der Waals surface area contributed by atoms with E-state index >= 15 is 0 Å². The van der Waals surface area contributed by atoms with Gasteiger partial charge in [0.1, 0.15) is 0 Å². The maximum atomic E-state index is 13.3. The summed E-state index contributed by atoms with van der Waals surface area (Å²) in [5.74, 6) is -2.53. The molecule has 72 valence electrons. The monoisotopic (exact) mass is 177 g/mol. The van der Waals surface area contributed by atoms with Crippen molar-refractivity contribution in [1.29, 1.82) is 0 Å². The molecule has 3 heteroatoms. The molecule has 0 unspecified atom stereocenters. The van der Waals surface area contributed by atoms with Crippen LogP contribution in [0.5, 0.6) is 0 Å². The molecule has 0 aromatic rings. The van der Waals surface area contributed by atoms with Crippen molar-refractivity contribution in [2.24, 2.45) is 5.41 Å². The van der Waals surface area contributed by atoms with Crippen molar-refractivity contribution in [3.63, 3.8) is 0 Å². The normalized spacial score (nSPS) is 28.2. The maximum absolute atomic E-state index is 13.3. The third-order valence-corrected chi connectivity index (χ3v) is 2.72. The molecule has 1 aliphatic rings. The molecule has 0 amide bonds. The molecule has 0 aromatic carbocycles. The van der Waals surface area contributed by atoms with Crippen molar-refractivity contribution in [1.82, 2.24) is 4.90 Å². The average Bonchev–Trinajstić information content (AvgIpc) is 2.03. The van der Waals surface area contributed by atoms with Gasteiger partial charge in [-0.2, -0.15) is 0 Å². The lowest BCUT2D eigenvalue weighted by Gasteiger charge is -2.24. The number of rotatable bonds is 1. The van der Waals surface area contributed by atoms with Gasteiger partial charge in [0.05, 0.1) is 6.54 Å². The van der Waals surface area contributed by atoms with Crippen LogP contribution in [-0.2, 0) is 0 Å². The van der Waals surface area contributed by atoms with Gasteiger partial charge in [-0.05, 0) is 13.8 Å². The molecule has 0 saturated carbocycles. The Morgan fingerprint density at radius 2 is 1.67 bits per heavy atom. The Kier molecular flexibility index (Phi) is 2.19. The van der Waals surface area contributed by atoms with Crippen LogP contribution < -0.4 is 0 Å². The third kappa shape index (κ3) is 1.47. The Bertz CT molecular complexity index is 159. The van der Waals surface area contributed by atoms with Crippen molar-refractivity contribution in [2.45, 2.75) is 39.7 Å². The van der Waals surface area contributed by atoms with Gasteiger partial charge in [0.15, 0.2) is 0 Å². The first-order valence-electron chi connectivity index (χ1n) is 4.38. The van der Waals surface area contributed by atoms with Crippen LogP contribution in [0.1, 0.15) is 27.7 Å². The van der Waals surface area contributed by atoms with Crippen LogP contribution in [0, 0.1) is 5.41 Å². The van der Waals surface area contributed by atoms with Crippen LogP contribution >= 0.6 is 0 Å². The summed E-state index contributed by atoms with van der Waals surface area (Å²) in [7, 11) is 0. The molecule has 1 aliphatic heterocycles. The minimum absolute atomic E-state index is 0.0856. The van der Waals surface area contributed by atoms with Crippen molar-refractivity contribution in [3.8, 4) is 0 Å². The Balaban J connectivity index is 2.74. The molecule has 0 spiro atoms. The van der Waals surface area contributed by atoms with Crippen LogP contribution in [0.2, 0.25) is 0 Å². The van der Waals surface area contributed by atoms with E-state index in [4.69, 9.17) is 0 Å². The van der Waals surface area contributed by atoms with Crippen LogP contribution in [-0.4, -0.2) is 30.0 Å². The molecule has 0 bridgehead atoms. The third-order valence-electron chi connectivity index (χ3n) is 2.72. The van der Waals surface area contributed by atoms with Gasteiger partial charge < -0.3 is 0 Å². The van der Waals surface area contributed by atoms with E-state index in [9.17, 15) is 8.78 Å². The highest BCUT2D eigenvalue weighted by atomic mass is 19.3. The Morgan fingerprint density at radius 1 is 1.17 bits per heavy atom. The zero-order valence-corrected chi connectivity index (χ0v) is 8.19. The predicted molar refractivity (Wildman–Crippen MR) is 45.4 cm³/mol. The second-order valence-corrected chi connectivity index (χ2v) is 4.59. The number of alkyl halides is 2. The topological polar surface area (TPSA) is 3.24 Å². The van der Waals surface area contributed by atoms with Gasteiger partial charge in [-0.15, -0.1) is 0 Å². The number of hydrogen-bond donors (Lipinski definition) is 0. The van der Waals surface area contributed by atoms with Crippen molar-refractivity contribution < 1.29 is 8.78 Å². The average molecular weight is 177 g/mol. The van der Waals surface area contributed by atoms with Crippen molar-refractivity contribution in [2.75, 3.05) is 13.1 Å². The summed E-state index contributed by atoms with van der Waals surface area (Å²) in [6.45, 7) is 7.59. The highest BCUT2D eigenvalue weighted by molar-refractivity contribution is 4.97. The first-order chi connectivity index (χ1) is 5.26. The van der Waals surface area contributed by atoms with E-state index in [1.165, 1.54) is 0 Å². The van der Waals surface area contributed by atoms with Gasteiger partial charge in [0.2, 0.25) is 0 Å². The summed E-state index contributed by atoms with van der Waals surface area (Å²) in [5, 5.41) is 0. The van der Waals surface area contributed by atoms with Gasteiger partial charge in [-0.3, -0.25) is 4.90 Å². The lowest BCUT2D eigenvalue weighted by atomic mass is 9.89. The number of hydrogen-bond acceptors (Lipinski definition) is 1. The molecule has 1 rings (SSSR count). The minimum Gasteiger partial charge on any atom is -0.294 e. The van der Waals surface area contributed by atoms with Gasteiger partial charge in [-0.1, -0.05) is 13.8 Å². The second-order valence-electron chi connectivity index (χ2n) is 4.59. The van der Waals surface area contributed by atoms with Crippen LogP contribution in [0.15, 0.2) is 0 Å². The van der Waals surface area contributed by atoms with Gasteiger partial charge in [0.25, 0.3) is 5.92 Å². The fourth-order valence-corrected chi connectivity index (χ4v) is 1.51. The molecule has 0 atom stereocenters. The zero-order valence-electron chi connectivity index (χ0n) is 8.19. The van der Waals surface area contributed by atoms with Gasteiger partial charge in [-0.25, -0.2) is 8.78 Å². The Morgan fingerprint density at radius 3 is 1.83 bits per heavy atom. The quantitative estimate of drug-likeness (QED) is 0.594. The predicted octanol–water partition coefficient (Wildman–Crippen LogP) is 2.37. The van der Waals surface area contributed by atoms with E-state index in [1.807, 2.05) is 18.7 Å². The number of halogens is 2. The maximum Gasteiger partial charge on any atom is 0.266 e. The minimum atomic E-state index is -2.53. The van der Waals surface area contributed by atoms with Gasteiger partial charge >= 0.3 is 0 Å². The van der Waals surface area contributed by atoms with E-state index in [-0.39, 0.29) is 12.6 Å². The Labute approximate surface area is 72.7 Å². The molecule has 0 aromatic heterocycles. The molecular formula is C9H17F2N. The highest BCUT2D eigenvalue weighted by Gasteiger charge is 2.54. The first-order valence-corrected chi connectivity index (χ1v) is 4.38. The highest BCUT2D eigenvalue weighted by Crippen LogP contribution is 2.43. The summed E-state index contributed by atoms with van der Waals surface area (Å²) in [5.41, 5.74) is -0.864. The summed E-state index contributed by atoms with van der Waals surface area (Å²) < 4.78 is 26.6. The summed E-state index contributed by atoms with van der Waals surface area (Å²) in [6, 6.07) is 0.220. The van der Waals surface area contributed by atoms with E-state index in [1.54, 1.807) is 13.8 Å². The second kappa shape index (κ2) is 2.66. The van der Waals surface area contributed by atoms with E-state index < -0.39 is 11.3 Å². The molecule has 0 N–H and O–H groups in total. The molecular weight excluding hydrogens is 160 g/mol. The molecule has 1 fully saturated rings. The van der Waals surface area contributed by atoms with Gasteiger partial charge in [0, 0.05) is 18.0 Å². The van der Waals surface area contributed by atoms with Crippen molar-refractivity contribution in [3.05, 3.63) is 0 Å². The van der Waals surface area contributed by atoms with Crippen LogP contribution in [0.4, 0.5) is 8.78 Å². The van der Waals surface area contributed by atoms with Crippen LogP contribution in [0.25, 0.3) is 0 Å². The van der Waals surface area contributed by atoms with E-state index in [0.717, 1.165) is 0 Å². The molecule has 1 heterocycles. The molecule has 1 nitrogen and oxygen atoms in total. The molecule has 1 saturated heterocycles. The van der Waals surface area contributed by atoms with Crippen LogP contribution in [0.3, 0.4) is 0 Å². The zero-order chi connectivity index (χ0) is 9.57. The summed E-state index contributed by atoms with van der Waals surface area (Å²) >= 11 is 0. The van der Waals surface area contributed by atoms with E-state index in [0.29, 0.717) is 6.54 Å². The Hall–Kier alpha value is -0.180. The molecule has 0 aliphatic carbocycles. The lowest BCUT2D eigenvalue weighted by molar-refractivity contribution is -0.0672. The summed E-state index contributed by atoms with van der Waals surface area (Å²) in [6.07, 6.45) is 0. The number of nitrogens with zero attached hydrogens (tertiary/aromatic N) is 1. The first kappa shape index (κ1) is 9.90. The summed E-state index contributed by atoms with van der Waals surface area (Å²) in [4.78, 5) is 1.83. The fraction of sp³-hybridized carbons (Fsp3) is 1.00. The standard InChI is InChI=1S/C9H17F2N/c1-7(2)12-5-8(3,4)9(10,11)6-12/h7H,5-6H2,1-4H3. The SMILES string of the molecule is CC(C)N1CC(C)(C)C(F)(F)C1. The molecule has 0 radical (unpaired) electrons. The fourth-order valence-electron chi connectivity index (χ4n) is 1.51. The van der Waals surface area contributed by atoms with E-state index in [2.05, 4.69) is 0 Å². The molecule has 12 heavy (non-hydrogen) atoms.